The molecule has 2 N–H and O–H groups in total. The van der Waals surface area contributed by atoms with Gasteiger partial charge in [-0.3, -0.25) is 0 Å². The summed E-state index contributed by atoms with van der Waals surface area (Å²) in [6.07, 6.45) is 11.8. The minimum atomic E-state index is 0.991. The average Bonchev–Trinajstić information content (AvgIpc) is 2.80. The van der Waals surface area contributed by atoms with E-state index in [0.29, 0.717) is 0 Å². The third kappa shape index (κ3) is 3.61. The molecule has 0 aliphatic rings. The molecule has 0 unspecified atom stereocenters. The molecule has 158 valence electrons. The van der Waals surface area contributed by atoms with Crippen LogP contribution in [0, 0.1) is 0 Å². The molecule has 5 rings (SSSR count). The van der Waals surface area contributed by atoms with Gasteiger partial charge in [0, 0.05) is 11.1 Å². The van der Waals surface area contributed by atoms with Gasteiger partial charge in [-0.2, -0.15) is 0 Å². The number of anilines is 1. The minimum Gasteiger partial charge on any atom is -0.398 e. The fraction of sp³-hybridized carbons (Fsp3) is 0.333. The summed E-state index contributed by atoms with van der Waals surface area (Å²) in [6.45, 7) is 2.28. The highest BCUT2D eigenvalue weighted by atomic mass is 14.6. The predicted molar refractivity (Wildman–Crippen MR) is 138 cm³/mol. The van der Waals surface area contributed by atoms with Crippen molar-refractivity contribution in [2.45, 2.75) is 64.7 Å². The zero-order valence-corrected chi connectivity index (χ0v) is 18.7. The van der Waals surface area contributed by atoms with Crippen molar-refractivity contribution in [3.05, 3.63) is 66.2 Å². The largest absolute Gasteiger partial charge is 0.398 e. The topological polar surface area (TPSA) is 26.0 Å². The van der Waals surface area contributed by atoms with Crippen LogP contribution in [0.15, 0.2) is 60.7 Å². The van der Waals surface area contributed by atoms with Crippen LogP contribution in [0.1, 0.15) is 63.9 Å². The molecule has 0 fully saturated rings. The summed E-state index contributed by atoms with van der Waals surface area (Å²) in [4.78, 5) is 0. The van der Waals surface area contributed by atoms with Crippen molar-refractivity contribution >= 4 is 48.8 Å². The average molecular weight is 408 g/mol. The van der Waals surface area contributed by atoms with Crippen LogP contribution in [0.5, 0.6) is 0 Å². The monoisotopic (exact) mass is 407 g/mol. The second kappa shape index (κ2) is 8.75. The molecular formula is C30H33N. The van der Waals surface area contributed by atoms with E-state index < -0.39 is 0 Å². The van der Waals surface area contributed by atoms with Crippen LogP contribution >= 0.6 is 0 Å². The van der Waals surface area contributed by atoms with Crippen molar-refractivity contribution < 1.29 is 0 Å². The highest BCUT2D eigenvalue weighted by Gasteiger charge is 2.16. The molecule has 0 spiro atoms. The first-order valence-electron chi connectivity index (χ1n) is 12.2. The number of fused-ring (bicyclic) bond motifs is 2. The molecule has 0 saturated carbocycles. The summed E-state index contributed by atoms with van der Waals surface area (Å²) in [5.41, 5.74) is 9.20. The van der Waals surface area contributed by atoms with Crippen LogP contribution in [-0.2, 0) is 6.42 Å². The van der Waals surface area contributed by atoms with E-state index >= 15 is 0 Å². The highest BCUT2D eigenvalue weighted by Crippen LogP contribution is 2.43. The lowest BCUT2D eigenvalue weighted by Crippen LogP contribution is -1.99. The SMILES string of the molecule is CCCCCCCCCCc1cc2cccc3c4cccc5cccc(c(c1N)c23)c54. The number of hydrogen-bond acceptors (Lipinski definition) is 1. The second-order valence-electron chi connectivity index (χ2n) is 9.16. The number of benzene rings is 5. The third-order valence-corrected chi connectivity index (χ3v) is 7.06. The number of aryl methyl sites for hydroxylation is 1. The Morgan fingerprint density at radius 1 is 0.581 bits per heavy atom. The fourth-order valence-corrected chi connectivity index (χ4v) is 5.46. The Hall–Kier alpha value is -2.80. The number of nitrogen functional groups attached to an aromatic ring is 1. The van der Waals surface area contributed by atoms with E-state index in [1.807, 2.05) is 0 Å². The van der Waals surface area contributed by atoms with E-state index in [-0.39, 0.29) is 0 Å². The Bertz CT molecular complexity index is 1330. The first kappa shape index (κ1) is 20.1. The van der Waals surface area contributed by atoms with Crippen molar-refractivity contribution in [3.8, 4) is 0 Å². The molecule has 0 heterocycles. The Kier molecular flexibility index (Phi) is 5.68. The fourth-order valence-electron chi connectivity index (χ4n) is 5.46. The third-order valence-electron chi connectivity index (χ3n) is 7.06. The molecular weight excluding hydrogens is 374 g/mol. The van der Waals surface area contributed by atoms with Crippen molar-refractivity contribution in [3.63, 3.8) is 0 Å². The lowest BCUT2D eigenvalue weighted by molar-refractivity contribution is 0.576. The maximum absolute atomic E-state index is 6.89. The van der Waals surface area contributed by atoms with Gasteiger partial charge in [-0.15, -0.1) is 0 Å². The second-order valence-corrected chi connectivity index (χ2v) is 9.16. The summed E-state index contributed by atoms with van der Waals surface area (Å²) in [5.74, 6) is 0. The zero-order valence-electron chi connectivity index (χ0n) is 18.7. The molecule has 0 radical (unpaired) electrons. The van der Waals surface area contributed by atoms with Gasteiger partial charge >= 0.3 is 0 Å². The van der Waals surface area contributed by atoms with E-state index in [4.69, 9.17) is 5.73 Å². The standard InChI is InChI=1S/C30H33N/c1-2-3-4-5-6-7-8-9-13-23-20-22-16-12-18-25-24-17-10-14-21-15-11-19-26(27(21)24)29(28(22)25)30(23)31/h10-12,14-20H,2-9,13,31H2,1H3. The number of hydrogen-bond donors (Lipinski definition) is 1. The molecule has 5 aromatic carbocycles. The van der Waals surface area contributed by atoms with Gasteiger partial charge in [0.1, 0.15) is 0 Å². The van der Waals surface area contributed by atoms with Crippen molar-refractivity contribution in [2.75, 3.05) is 5.73 Å². The Balaban J connectivity index is 1.51. The quantitative estimate of drug-likeness (QED) is 0.112. The van der Waals surface area contributed by atoms with Crippen LogP contribution in [0.25, 0.3) is 43.1 Å². The van der Waals surface area contributed by atoms with Gasteiger partial charge < -0.3 is 5.73 Å². The predicted octanol–water partition coefficient (Wildman–Crippen LogP) is 9.00. The molecule has 0 aliphatic carbocycles. The zero-order chi connectivity index (χ0) is 21.2. The summed E-state index contributed by atoms with van der Waals surface area (Å²) < 4.78 is 0. The van der Waals surface area contributed by atoms with Crippen molar-refractivity contribution in [1.29, 1.82) is 0 Å². The van der Waals surface area contributed by atoms with Crippen LogP contribution in [0.2, 0.25) is 0 Å². The Morgan fingerprint density at radius 2 is 1.16 bits per heavy atom. The molecule has 5 aromatic rings. The lowest BCUT2D eigenvalue weighted by atomic mass is 9.87. The first-order valence-corrected chi connectivity index (χ1v) is 12.2. The van der Waals surface area contributed by atoms with E-state index in [9.17, 15) is 0 Å². The molecule has 31 heavy (non-hydrogen) atoms. The number of unbranched alkanes of at least 4 members (excludes halogenated alkanes) is 7. The van der Waals surface area contributed by atoms with E-state index in [0.717, 1.165) is 12.1 Å². The number of rotatable bonds is 9. The van der Waals surface area contributed by atoms with Gasteiger partial charge in [0.2, 0.25) is 0 Å². The smallest absolute Gasteiger partial charge is 0.0433 e. The molecule has 0 saturated heterocycles. The number of nitrogens with two attached hydrogens (primary N) is 1. The van der Waals surface area contributed by atoms with Gasteiger partial charge in [0.15, 0.2) is 0 Å². The van der Waals surface area contributed by atoms with Crippen LogP contribution in [0.3, 0.4) is 0 Å². The minimum absolute atomic E-state index is 0.991. The van der Waals surface area contributed by atoms with Crippen LogP contribution in [0.4, 0.5) is 5.69 Å². The maximum atomic E-state index is 6.89. The van der Waals surface area contributed by atoms with E-state index in [1.54, 1.807) is 0 Å². The molecule has 0 bridgehead atoms. The molecule has 0 atom stereocenters. The van der Waals surface area contributed by atoms with Crippen LogP contribution < -0.4 is 5.73 Å². The van der Waals surface area contributed by atoms with Gasteiger partial charge in [-0.1, -0.05) is 106 Å². The highest BCUT2D eigenvalue weighted by molar-refractivity contribution is 6.35. The normalized spacial score (nSPS) is 12.0. The van der Waals surface area contributed by atoms with Gasteiger partial charge in [0.05, 0.1) is 0 Å². The summed E-state index contributed by atoms with van der Waals surface area (Å²) in [7, 11) is 0. The first-order chi connectivity index (χ1) is 15.3. The molecule has 0 aromatic heterocycles. The summed E-state index contributed by atoms with van der Waals surface area (Å²) in [5, 5.41) is 10.5. The van der Waals surface area contributed by atoms with Gasteiger partial charge in [-0.05, 0) is 62.2 Å². The van der Waals surface area contributed by atoms with Crippen LogP contribution in [-0.4, -0.2) is 0 Å². The van der Waals surface area contributed by atoms with Gasteiger partial charge in [0.25, 0.3) is 0 Å². The Morgan fingerprint density at radius 3 is 1.87 bits per heavy atom. The lowest BCUT2D eigenvalue weighted by Gasteiger charge is -2.18. The molecule has 1 heteroatoms. The molecule has 1 nitrogen and oxygen atoms in total. The molecule has 0 aliphatic heterocycles. The van der Waals surface area contributed by atoms with Crippen molar-refractivity contribution in [1.82, 2.24) is 0 Å². The van der Waals surface area contributed by atoms with E-state index in [2.05, 4.69) is 67.6 Å². The maximum Gasteiger partial charge on any atom is 0.0433 e. The Labute approximate surface area is 185 Å². The van der Waals surface area contributed by atoms with E-state index in [1.165, 1.54) is 100 Å². The van der Waals surface area contributed by atoms with Crippen molar-refractivity contribution in [2.24, 2.45) is 0 Å². The summed E-state index contributed by atoms with van der Waals surface area (Å²) >= 11 is 0. The van der Waals surface area contributed by atoms with Gasteiger partial charge in [-0.25, -0.2) is 0 Å². The molecule has 0 amide bonds. The summed E-state index contributed by atoms with van der Waals surface area (Å²) in [6, 6.07) is 22.4.